The Labute approximate surface area is 99.3 Å². The van der Waals surface area contributed by atoms with Crippen molar-refractivity contribution in [3.63, 3.8) is 0 Å². The Kier molecular flexibility index (Phi) is 10.5. The van der Waals surface area contributed by atoms with Crippen molar-refractivity contribution in [2.75, 3.05) is 40.3 Å². The van der Waals surface area contributed by atoms with Crippen molar-refractivity contribution in [1.82, 2.24) is 10.2 Å². The summed E-state index contributed by atoms with van der Waals surface area (Å²) in [6, 6.07) is 0. The molecule has 1 N–H and O–H groups in total. The van der Waals surface area contributed by atoms with Crippen molar-refractivity contribution in [3.05, 3.63) is 0 Å². The molecule has 0 aliphatic carbocycles. The van der Waals surface area contributed by atoms with Gasteiger partial charge in [-0.15, -0.1) is 0 Å². The second kappa shape index (κ2) is 10.9. The molecular weight excluding hydrogens is 204 g/mol. The smallest absolute Gasteiger partial charge is 0.320 e. The zero-order valence-electron chi connectivity index (χ0n) is 10.9. The van der Waals surface area contributed by atoms with Crippen LogP contribution < -0.4 is 5.32 Å². The topological polar surface area (TPSA) is 41.6 Å². The first-order chi connectivity index (χ1) is 7.66. The molecule has 0 aromatic carbocycles. The lowest BCUT2D eigenvalue weighted by Gasteiger charge is -2.09. The van der Waals surface area contributed by atoms with Crippen LogP contribution in [0.1, 0.15) is 32.6 Å². The lowest BCUT2D eigenvalue weighted by Crippen LogP contribution is -2.25. The fourth-order valence-electron chi connectivity index (χ4n) is 1.31. The van der Waals surface area contributed by atoms with Gasteiger partial charge in [0.05, 0.1) is 13.2 Å². The molecule has 0 saturated heterocycles. The number of nitrogens with one attached hydrogen (secondary N) is 1. The summed E-state index contributed by atoms with van der Waals surface area (Å²) in [7, 11) is 3.72. The first-order valence-electron chi connectivity index (χ1n) is 6.18. The van der Waals surface area contributed by atoms with E-state index >= 15 is 0 Å². The number of hydrogen-bond donors (Lipinski definition) is 1. The van der Waals surface area contributed by atoms with Gasteiger partial charge in [0.25, 0.3) is 0 Å². The van der Waals surface area contributed by atoms with Gasteiger partial charge >= 0.3 is 5.97 Å². The van der Waals surface area contributed by atoms with Gasteiger partial charge in [-0.05, 0) is 40.0 Å². The molecule has 96 valence electrons. The summed E-state index contributed by atoms with van der Waals surface area (Å²) in [6.07, 6.45) is 4.66. The van der Waals surface area contributed by atoms with Gasteiger partial charge in [0.15, 0.2) is 0 Å². The maximum atomic E-state index is 11.1. The molecule has 0 spiro atoms. The Morgan fingerprint density at radius 3 is 2.50 bits per heavy atom. The molecule has 0 radical (unpaired) electrons. The summed E-state index contributed by atoms with van der Waals surface area (Å²) < 4.78 is 5.06. The molecule has 0 fully saturated rings. The van der Waals surface area contributed by atoms with E-state index in [1.165, 1.54) is 19.3 Å². The fourth-order valence-corrected chi connectivity index (χ4v) is 1.31. The Balaban J connectivity index is 3.11. The normalized spacial score (nSPS) is 10.8. The maximum absolute atomic E-state index is 11.1. The Bertz CT molecular complexity index is 172. The minimum Gasteiger partial charge on any atom is -0.465 e. The van der Waals surface area contributed by atoms with Crippen molar-refractivity contribution >= 4 is 5.97 Å². The van der Waals surface area contributed by atoms with Crippen molar-refractivity contribution in [3.8, 4) is 0 Å². The van der Waals surface area contributed by atoms with Gasteiger partial charge in [-0.2, -0.15) is 0 Å². The molecule has 0 atom stereocenters. The number of ether oxygens (including phenoxy) is 1. The number of esters is 1. The second-order valence-electron chi connectivity index (χ2n) is 4.27. The molecule has 0 bridgehead atoms. The maximum Gasteiger partial charge on any atom is 0.320 e. The molecule has 0 aliphatic rings. The highest BCUT2D eigenvalue weighted by molar-refractivity contribution is 5.71. The third-order valence-electron chi connectivity index (χ3n) is 2.16. The fraction of sp³-hybridized carbons (Fsp3) is 0.917. The third-order valence-corrected chi connectivity index (χ3v) is 2.16. The molecule has 0 amide bonds. The van der Waals surface area contributed by atoms with Gasteiger partial charge in [-0.3, -0.25) is 9.69 Å². The van der Waals surface area contributed by atoms with Crippen LogP contribution in [0.15, 0.2) is 0 Å². The second-order valence-corrected chi connectivity index (χ2v) is 4.27. The summed E-state index contributed by atoms with van der Waals surface area (Å²) >= 11 is 0. The SMILES string of the molecule is CCCCCNCCCOC(=O)CN(C)C. The molecule has 0 unspecified atom stereocenters. The number of hydrogen-bond acceptors (Lipinski definition) is 4. The average Bonchev–Trinajstić information content (AvgIpc) is 2.21. The summed E-state index contributed by atoms with van der Waals surface area (Å²) in [5, 5.41) is 3.33. The van der Waals surface area contributed by atoms with Gasteiger partial charge in [0.1, 0.15) is 0 Å². The summed E-state index contributed by atoms with van der Waals surface area (Å²) in [4.78, 5) is 13.0. The number of unbranched alkanes of at least 4 members (excludes halogenated alkanes) is 2. The van der Waals surface area contributed by atoms with Crippen LogP contribution in [0.3, 0.4) is 0 Å². The zero-order valence-corrected chi connectivity index (χ0v) is 10.9. The van der Waals surface area contributed by atoms with E-state index in [-0.39, 0.29) is 5.97 Å². The van der Waals surface area contributed by atoms with Gasteiger partial charge in [-0.25, -0.2) is 0 Å². The predicted molar refractivity (Wildman–Crippen MR) is 66.5 cm³/mol. The van der Waals surface area contributed by atoms with Crippen molar-refractivity contribution in [1.29, 1.82) is 0 Å². The van der Waals surface area contributed by atoms with E-state index in [4.69, 9.17) is 4.74 Å². The van der Waals surface area contributed by atoms with E-state index in [1.807, 2.05) is 19.0 Å². The van der Waals surface area contributed by atoms with Crippen molar-refractivity contribution in [2.45, 2.75) is 32.6 Å². The number of rotatable bonds is 10. The molecule has 16 heavy (non-hydrogen) atoms. The van der Waals surface area contributed by atoms with E-state index in [0.717, 1.165) is 19.5 Å². The monoisotopic (exact) mass is 230 g/mol. The van der Waals surface area contributed by atoms with Gasteiger partial charge in [-0.1, -0.05) is 19.8 Å². The number of nitrogens with zero attached hydrogens (tertiary/aromatic N) is 1. The molecule has 0 heterocycles. The van der Waals surface area contributed by atoms with E-state index in [9.17, 15) is 4.79 Å². The molecule has 0 saturated carbocycles. The summed E-state index contributed by atoms with van der Waals surface area (Å²) in [5.74, 6) is -0.143. The van der Waals surface area contributed by atoms with Crippen LogP contribution in [-0.4, -0.2) is 51.2 Å². The van der Waals surface area contributed by atoms with E-state index in [0.29, 0.717) is 13.2 Å². The van der Waals surface area contributed by atoms with E-state index in [2.05, 4.69) is 12.2 Å². The summed E-state index contributed by atoms with van der Waals surface area (Å²) in [5.41, 5.74) is 0. The highest BCUT2D eigenvalue weighted by atomic mass is 16.5. The molecule has 0 aromatic rings. The van der Waals surface area contributed by atoms with Crippen LogP contribution in [0.5, 0.6) is 0 Å². The largest absolute Gasteiger partial charge is 0.465 e. The highest BCUT2D eigenvalue weighted by Crippen LogP contribution is 1.91. The quantitative estimate of drug-likeness (QED) is 0.453. The van der Waals surface area contributed by atoms with Crippen LogP contribution in [-0.2, 0) is 9.53 Å². The van der Waals surface area contributed by atoms with Crippen LogP contribution in [0, 0.1) is 0 Å². The Hall–Kier alpha value is -0.610. The van der Waals surface area contributed by atoms with Gasteiger partial charge in [0, 0.05) is 0 Å². The molecule has 0 aliphatic heterocycles. The van der Waals surface area contributed by atoms with Crippen LogP contribution in [0.25, 0.3) is 0 Å². The first-order valence-corrected chi connectivity index (χ1v) is 6.18. The minimum atomic E-state index is -0.143. The van der Waals surface area contributed by atoms with Gasteiger partial charge < -0.3 is 10.1 Å². The lowest BCUT2D eigenvalue weighted by molar-refractivity contribution is -0.144. The number of carbonyl (C=O) groups is 1. The average molecular weight is 230 g/mol. The number of likely N-dealkylation sites (N-methyl/N-ethyl adjacent to an activating group) is 1. The van der Waals surface area contributed by atoms with Crippen molar-refractivity contribution < 1.29 is 9.53 Å². The Morgan fingerprint density at radius 2 is 1.88 bits per heavy atom. The third kappa shape index (κ3) is 11.5. The minimum absolute atomic E-state index is 0.143. The molecule has 0 rings (SSSR count). The summed E-state index contributed by atoms with van der Waals surface area (Å²) in [6.45, 7) is 5.08. The zero-order chi connectivity index (χ0) is 12.2. The standard InChI is InChI=1S/C12H26N2O2/c1-4-5-6-8-13-9-7-10-16-12(15)11-14(2)3/h13H,4-11H2,1-3H3. The van der Waals surface area contributed by atoms with Crippen LogP contribution in [0.4, 0.5) is 0 Å². The predicted octanol–water partition coefficient (Wildman–Crippen LogP) is 1.26. The molecular formula is C12H26N2O2. The van der Waals surface area contributed by atoms with Gasteiger partial charge in [0.2, 0.25) is 0 Å². The van der Waals surface area contributed by atoms with E-state index in [1.54, 1.807) is 0 Å². The highest BCUT2D eigenvalue weighted by Gasteiger charge is 2.02. The van der Waals surface area contributed by atoms with Crippen LogP contribution in [0.2, 0.25) is 0 Å². The first kappa shape index (κ1) is 15.4. The van der Waals surface area contributed by atoms with Crippen LogP contribution >= 0.6 is 0 Å². The molecule has 4 nitrogen and oxygen atoms in total. The van der Waals surface area contributed by atoms with Crippen molar-refractivity contribution in [2.24, 2.45) is 0 Å². The molecule has 0 aromatic heterocycles. The molecule has 4 heteroatoms. The lowest BCUT2D eigenvalue weighted by atomic mass is 10.2. The Morgan fingerprint density at radius 1 is 1.19 bits per heavy atom. The number of carbonyl (C=O) groups excluding carboxylic acids is 1. The van der Waals surface area contributed by atoms with E-state index < -0.39 is 0 Å².